The van der Waals surface area contributed by atoms with Crippen LogP contribution in [-0.4, -0.2) is 72.7 Å². The molecule has 1 aromatic rings. The first kappa shape index (κ1) is 16.5. The maximum Gasteiger partial charge on any atom is 0.104 e. The number of imidazole rings is 1. The highest BCUT2D eigenvalue weighted by molar-refractivity contribution is 4.94. The Hall–Kier alpha value is -0.950. The van der Waals surface area contributed by atoms with Crippen LogP contribution in [0.3, 0.4) is 0 Å². The van der Waals surface area contributed by atoms with Gasteiger partial charge >= 0.3 is 0 Å². The van der Waals surface area contributed by atoms with Crippen LogP contribution in [0.25, 0.3) is 0 Å². The Morgan fingerprint density at radius 2 is 2.00 bits per heavy atom. The van der Waals surface area contributed by atoms with Crippen LogP contribution in [0, 0.1) is 11.8 Å². The smallest absolute Gasteiger partial charge is 0.104 e. The normalized spacial score (nSPS) is 33.1. The van der Waals surface area contributed by atoms with Gasteiger partial charge in [-0.25, -0.2) is 4.98 Å². The zero-order valence-corrected chi connectivity index (χ0v) is 14.4. The molecule has 0 saturated carbocycles. The van der Waals surface area contributed by atoms with E-state index < -0.39 is 0 Å². The second kappa shape index (κ2) is 7.52. The third kappa shape index (κ3) is 3.99. The summed E-state index contributed by atoms with van der Waals surface area (Å²) in [7, 11) is 0. The summed E-state index contributed by atoms with van der Waals surface area (Å²) >= 11 is 0. The lowest BCUT2D eigenvalue weighted by Crippen LogP contribution is -2.46. The molecular formula is C18H29N3O3. The van der Waals surface area contributed by atoms with Crippen LogP contribution in [0.4, 0.5) is 0 Å². The van der Waals surface area contributed by atoms with E-state index in [1.807, 2.05) is 18.7 Å². The third-order valence-corrected chi connectivity index (χ3v) is 5.60. The quantitative estimate of drug-likeness (QED) is 0.833. The van der Waals surface area contributed by atoms with E-state index in [1.54, 1.807) is 0 Å². The van der Waals surface area contributed by atoms with E-state index in [9.17, 15) is 0 Å². The van der Waals surface area contributed by atoms with Gasteiger partial charge in [-0.05, 0) is 25.2 Å². The van der Waals surface area contributed by atoms with Crippen LogP contribution in [0.2, 0.25) is 0 Å². The summed E-state index contributed by atoms with van der Waals surface area (Å²) in [4.78, 5) is 6.71. The van der Waals surface area contributed by atoms with Gasteiger partial charge in [0.05, 0.1) is 26.1 Å². The molecule has 3 fully saturated rings. The number of hydrogen-bond acceptors (Lipinski definition) is 5. The fourth-order valence-electron chi connectivity index (χ4n) is 4.39. The Balaban J connectivity index is 1.35. The standard InChI is InChI=1S/C18H29N3O3/c1-6-22-7-2-16(1)10-20-5-8-23-14-18(13-20)9-17(12-24-18)11-21-4-3-19-15-21/h3-4,15-17H,1-2,5-14H2/t17-,18+/m1/s1. The van der Waals surface area contributed by atoms with E-state index in [0.717, 1.165) is 71.6 Å². The van der Waals surface area contributed by atoms with Crippen LogP contribution in [0.5, 0.6) is 0 Å². The summed E-state index contributed by atoms with van der Waals surface area (Å²) in [5.41, 5.74) is -0.118. The van der Waals surface area contributed by atoms with E-state index in [0.29, 0.717) is 5.92 Å². The molecule has 3 saturated heterocycles. The Bertz CT molecular complexity index is 504. The van der Waals surface area contributed by atoms with Crippen molar-refractivity contribution in [2.24, 2.45) is 11.8 Å². The maximum atomic E-state index is 6.32. The molecular weight excluding hydrogens is 306 g/mol. The van der Waals surface area contributed by atoms with E-state index >= 15 is 0 Å². The van der Waals surface area contributed by atoms with Gasteiger partial charge in [0.1, 0.15) is 5.60 Å². The van der Waals surface area contributed by atoms with E-state index in [-0.39, 0.29) is 5.60 Å². The van der Waals surface area contributed by atoms with E-state index in [4.69, 9.17) is 14.2 Å². The molecule has 6 heteroatoms. The lowest BCUT2D eigenvalue weighted by molar-refractivity contribution is -0.0576. The molecule has 0 aromatic carbocycles. The molecule has 4 heterocycles. The monoisotopic (exact) mass is 335 g/mol. The van der Waals surface area contributed by atoms with Crippen molar-refractivity contribution in [1.82, 2.24) is 14.5 Å². The van der Waals surface area contributed by atoms with E-state index in [1.165, 1.54) is 12.8 Å². The largest absolute Gasteiger partial charge is 0.381 e. The van der Waals surface area contributed by atoms with Crippen molar-refractivity contribution in [1.29, 1.82) is 0 Å². The van der Waals surface area contributed by atoms with Gasteiger partial charge < -0.3 is 18.8 Å². The molecule has 4 rings (SSSR count). The van der Waals surface area contributed by atoms with Gasteiger partial charge in [0, 0.05) is 57.7 Å². The minimum atomic E-state index is -0.118. The van der Waals surface area contributed by atoms with Crippen molar-refractivity contribution < 1.29 is 14.2 Å². The molecule has 1 aromatic heterocycles. The summed E-state index contributed by atoms with van der Waals surface area (Å²) in [5, 5.41) is 0. The lowest BCUT2D eigenvalue weighted by atomic mass is 9.93. The van der Waals surface area contributed by atoms with Crippen molar-refractivity contribution in [3.05, 3.63) is 18.7 Å². The highest BCUT2D eigenvalue weighted by atomic mass is 16.5. The van der Waals surface area contributed by atoms with Crippen molar-refractivity contribution in [3.63, 3.8) is 0 Å². The van der Waals surface area contributed by atoms with Crippen LogP contribution in [-0.2, 0) is 20.8 Å². The molecule has 0 aliphatic carbocycles. The summed E-state index contributed by atoms with van der Waals surface area (Å²) < 4.78 is 19.9. The number of aromatic nitrogens is 2. The first-order valence-corrected chi connectivity index (χ1v) is 9.29. The van der Waals surface area contributed by atoms with Gasteiger partial charge in [-0.15, -0.1) is 0 Å². The fraction of sp³-hybridized carbons (Fsp3) is 0.833. The predicted molar refractivity (Wildman–Crippen MR) is 89.8 cm³/mol. The predicted octanol–water partition coefficient (Wildman–Crippen LogP) is 1.42. The second-order valence-electron chi connectivity index (χ2n) is 7.67. The van der Waals surface area contributed by atoms with Gasteiger partial charge in [-0.2, -0.15) is 0 Å². The fourth-order valence-corrected chi connectivity index (χ4v) is 4.39. The van der Waals surface area contributed by atoms with Crippen LogP contribution in [0.1, 0.15) is 19.3 Å². The first-order chi connectivity index (χ1) is 11.8. The molecule has 3 aliphatic rings. The van der Waals surface area contributed by atoms with Crippen molar-refractivity contribution in [2.45, 2.75) is 31.4 Å². The first-order valence-electron chi connectivity index (χ1n) is 9.29. The Kier molecular flexibility index (Phi) is 5.17. The SMILES string of the molecule is c1cn(C[C@@H]2CO[C@@]3(COCCN(CC4CCOCC4)C3)C2)cn1. The summed E-state index contributed by atoms with van der Waals surface area (Å²) in [6, 6.07) is 0. The highest BCUT2D eigenvalue weighted by Crippen LogP contribution is 2.34. The summed E-state index contributed by atoms with van der Waals surface area (Å²) in [5.74, 6) is 1.31. The third-order valence-electron chi connectivity index (χ3n) is 5.60. The molecule has 0 unspecified atom stereocenters. The molecule has 0 bridgehead atoms. The van der Waals surface area contributed by atoms with Gasteiger partial charge in [-0.3, -0.25) is 4.90 Å². The highest BCUT2D eigenvalue weighted by Gasteiger charge is 2.43. The van der Waals surface area contributed by atoms with Crippen molar-refractivity contribution >= 4 is 0 Å². The zero-order chi connectivity index (χ0) is 16.2. The lowest BCUT2D eigenvalue weighted by Gasteiger charge is -2.34. The Labute approximate surface area is 144 Å². The molecule has 1 spiro atoms. The van der Waals surface area contributed by atoms with Crippen LogP contribution >= 0.6 is 0 Å². The van der Waals surface area contributed by atoms with Crippen molar-refractivity contribution in [3.8, 4) is 0 Å². The topological polar surface area (TPSA) is 48.8 Å². The molecule has 0 amide bonds. The van der Waals surface area contributed by atoms with Gasteiger partial charge in [0.2, 0.25) is 0 Å². The van der Waals surface area contributed by atoms with Crippen LogP contribution in [0.15, 0.2) is 18.7 Å². The maximum absolute atomic E-state index is 6.32. The van der Waals surface area contributed by atoms with Gasteiger partial charge in [0.25, 0.3) is 0 Å². The number of nitrogens with zero attached hydrogens (tertiary/aromatic N) is 3. The Morgan fingerprint density at radius 1 is 1.08 bits per heavy atom. The minimum Gasteiger partial charge on any atom is -0.381 e. The molecule has 134 valence electrons. The molecule has 6 nitrogen and oxygen atoms in total. The average Bonchev–Trinajstić information content (AvgIpc) is 3.19. The van der Waals surface area contributed by atoms with Crippen LogP contribution < -0.4 is 0 Å². The number of hydrogen-bond donors (Lipinski definition) is 0. The number of rotatable bonds is 4. The molecule has 0 N–H and O–H groups in total. The summed E-state index contributed by atoms with van der Waals surface area (Å²) in [6.45, 7) is 8.39. The second-order valence-corrected chi connectivity index (χ2v) is 7.67. The number of ether oxygens (including phenoxy) is 3. The minimum absolute atomic E-state index is 0.118. The Morgan fingerprint density at radius 3 is 2.83 bits per heavy atom. The zero-order valence-electron chi connectivity index (χ0n) is 14.4. The average molecular weight is 335 g/mol. The molecule has 2 atom stereocenters. The molecule has 0 radical (unpaired) electrons. The van der Waals surface area contributed by atoms with Crippen molar-refractivity contribution in [2.75, 3.05) is 52.7 Å². The molecule has 24 heavy (non-hydrogen) atoms. The summed E-state index contributed by atoms with van der Waals surface area (Å²) in [6.07, 6.45) is 9.23. The van der Waals surface area contributed by atoms with Gasteiger partial charge in [0.15, 0.2) is 0 Å². The van der Waals surface area contributed by atoms with E-state index in [2.05, 4.69) is 14.5 Å². The van der Waals surface area contributed by atoms with Gasteiger partial charge in [-0.1, -0.05) is 0 Å². The molecule has 3 aliphatic heterocycles.